The number of fused-ring (bicyclic) bond motifs is 1. The maximum Gasteiger partial charge on any atom is 0.326 e. The number of rotatable bonds is 48. The van der Waals surface area contributed by atoms with Crippen molar-refractivity contribution >= 4 is 121 Å². The summed E-state index contributed by atoms with van der Waals surface area (Å²) in [4.78, 5) is 216. The van der Waals surface area contributed by atoms with E-state index in [1.54, 1.807) is 18.2 Å². The van der Waals surface area contributed by atoms with Gasteiger partial charge in [-0.3, -0.25) is 71.9 Å². The fraction of sp³-hybridized carbons (Fsp3) is 0.554. The molecule has 0 bridgehead atoms. The highest BCUT2D eigenvalue weighted by molar-refractivity contribution is 7.89. The Morgan fingerprint density at radius 1 is 0.509 bits per heavy atom. The summed E-state index contributed by atoms with van der Waals surface area (Å²) >= 11 is 0. The number of imidazole rings is 1. The molecule has 0 radical (unpaired) electrons. The molecule has 13 amide bonds. The summed E-state index contributed by atoms with van der Waals surface area (Å²) in [5, 5.41) is 86.5. The number of hydrogen-bond donors (Lipinski definition) is 22. The minimum atomic E-state index is -3.97. The number of amides is 13. The largest absolute Gasteiger partial charge is 0.481 e. The number of sulfonamides is 1. The van der Waals surface area contributed by atoms with Crippen LogP contribution in [0.4, 0.5) is 5.69 Å². The minimum absolute atomic E-state index is 0.00574. The van der Waals surface area contributed by atoms with Crippen molar-refractivity contribution in [3.63, 3.8) is 0 Å². The van der Waals surface area contributed by atoms with E-state index in [9.17, 15) is 111 Å². The van der Waals surface area contributed by atoms with E-state index in [0.717, 1.165) is 18.0 Å². The van der Waals surface area contributed by atoms with E-state index in [2.05, 4.69) is 73.2 Å². The number of benzene rings is 2. The fourth-order valence-corrected chi connectivity index (χ4v) is 11.5. The Morgan fingerprint density at radius 3 is 1.44 bits per heavy atom. The molecule has 42 nitrogen and oxygen atoms in total. The van der Waals surface area contributed by atoms with Gasteiger partial charge in [0.15, 0.2) is 0 Å². The number of aromatic amines is 1. The summed E-state index contributed by atoms with van der Waals surface area (Å²) in [6.45, 7) is 3.75. The first-order chi connectivity index (χ1) is 50.7. The van der Waals surface area contributed by atoms with E-state index in [-0.39, 0.29) is 37.1 Å². The Morgan fingerprint density at radius 2 is 0.963 bits per heavy atom. The SMILES string of the molecule is CC(C)[C@H](NC(=O)[C@H](C)NC(=O)[C@H](CCC(=O)O)NC(=O)CNC(=O)[C@H](CC(N)=O)NC(=O)[C@H](CO)NC(=O)[C@H](CO)NC(=O)[C@@H](NC(=O)[C@H](C)NC(=O)[C@H](Cc1cnc[nH]1)NC(=O)[C@H](CO)NC(=O)[C@@H](N)CCCCNS(=O)(=O)c1cccc2c(N(C)C)cccc12)C(C)C)C(=O)N[C@@H](CCC(=O)O)C(=O)O. The van der Waals surface area contributed by atoms with Gasteiger partial charge < -0.3 is 116 Å². The van der Waals surface area contributed by atoms with Crippen molar-refractivity contribution in [2.24, 2.45) is 23.3 Å². The zero-order valence-electron chi connectivity index (χ0n) is 60.6. The first-order valence-electron chi connectivity index (χ1n) is 34.0. The van der Waals surface area contributed by atoms with Crippen LogP contribution in [0.25, 0.3) is 10.8 Å². The number of hydrogen-bond acceptors (Lipinski definition) is 24. The molecule has 0 spiro atoms. The van der Waals surface area contributed by atoms with E-state index in [1.165, 1.54) is 53.2 Å². The molecular weight excluding hydrogens is 1450 g/mol. The summed E-state index contributed by atoms with van der Waals surface area (Å²) in [6.07, 6.45) is -0.614. The first-order valence-corrected chi connectivity index (χ1v) is 35.4. The van der Waals surface area contributed by atoms with Gasteiger partial charge in [0.05, 0.1) is 50.1 Å². The molecule has 0 fully saturated rings. The number of carbonyl (C=O) groups is 16. The summed E-state index contributed by atoms with van der Waals surface area (Å²) < 4.78 is 29.3. The van der Waals surface area contributed by atoms with E-state index in [4.69, 9.17) is 16.6 Å². The van der Waals surface area contributed by atoms with Crippen LogP contribution in [0, 0.1) is 11.8 Å². The number of anilines is 1. The van der Waals surface area contributed by atoms with E-state index in [0.29, 0.717) is 11.1 Å². The molecule has 0 aliphatic heterocycles. The van der Waals surface area contributed by atoms with Crippen molar-refractivity contribution in [3.05, 3.63) is 54.6 Å². The van der Waals surface area contributed by atoms with Crippen LogP contribution in [-0.2, 0) is 93.2 Å². The monoisotopic (exact) mass is 1550 g/mol. The number of nitrogens with zero attached hydrogens (tertiary/aromatic N) is 2. The number of H-pyrrole nitrogens is 1. The zero-order chi connectivity index (χ0) is 81.4. The molecular formula is C65H98N18O24S. The van der Waals surface area contributed by atoms with Crippen LogP contribution in [-0.4, -0.2) is 263 Å². The van der Waals surface area contributed by atoms with Gasteiger partial charge in [-0.1, -0.05) is 58.4 Å². The molecule has 0 aliphatic rings. The maximum absolute atomic E-state index is 13.9. The summed E-state index contributed by atoms with van der Waals surface area (Å²) in [7, 11) is -0.288. The van der Waals surface area contributed by atoms with Crippen LogP contribution in [0.2, 0.25) is 0 Å². The average Bonchev–Trinajstić information content (AvgIpc) is 0.831. The fourth-order valence-electron chi connectivity index (χ4n) is 10.2. The van der Waals surface area contributed by atoms with Crippen LogP contribution in [0.1, 0.15) is 98.6 Å². The molecule has 0 unspecified atom stereocenters. The molecule has 2 aromatic carbocycles. The van der Waals surface area contributed by atoms with Crippen molar-refractivity contribution < 1.29 is 116 Å². The lowest BCUT2D eigenvalue weighted by Crippen LogP contribution is -2.62. The van der Waals surface area contributed by atoms with Crippen molar-refractivity contribution in [1.82, 2.24) is 78.5 Å². The number of aliphatic carboxylic acids is 3. The second-order valence-electron chi connectivity index (χ2n) is 25.9. The lowest BCUT2D eigenvalue weighted by atomic mass is 10.0. The third-order valence-corrected chi connectivity index (χ3v) is 17.8. The molecule has 598 valence electrons. The Hall–Kier alpha value is -11.0. The van der Waals surface area contributed by atoms with Crippen LogP contribution >= 0.6 is 0 Å². The molecule has 1 heterocycles. The molecule has 0 aliphatic carbocycles. The predicted molar refractivity (Wildman–Crippen MR) is 379 cm³/mol. The van der Waals surface area contributed by atoms with E-state index >= 15 is 0 Å². The van der Waals surface area contributed by atoms with Gasteiger partial charge >= 0.3 is 17.9 Å². The highest BCUT2D eigenvalue weighted by Gasteiger charge is 2.37. The highest BCUT2D eigenvalue weighted by Crippen LogP contribution is 2.30. The number of aromatic nitrogens is 2. The van der Waals surface area contributed by atoms with Gasteiger partial charge in [0.1, 0.15) is 66.5 Å². The number of nitrogens with two attached hydrogens (primary N) is 2. The number of carboxylic acid groups (broad SMARTS) is 3. The molecule has 43 heteroatoms. The topological polar surface area (TPSA) is 669 Å². The van der Waals surface area contributed by atoms with Crippen LogP contribution < -0.4 is 84.9 Å². The molecule has 3 rings (SSSR count). The Balaban J connectivity index is 1.61. The zero-order valence-corrected chi connectivity index (χ0v) is 61.4. The van der Waals surface area contributed by atoms with Gasteiger partial charge in [-0.25, -0.2) is 22.9 Å². The summed E-state index contributed by atoms with van der Waals surface area (Å²) in [6, 6.07) is -9.45. The Labute approximate surface area is 619 Å². The smallest absolute Gasteiger partial charge is 0.326 e. The number of primary amides is 1. The van der Waals surface area contributed by atoms with Gasteiger partial charge in [0.2, 0.25) is 86.8 Å². The normalized spacial score (nSPS) is 14.6. The van der Waals surface area contributed by atoms with Crippen LogP contribution in [0.15, 0.2) is 53.8 Å². The van der Waals surface area contributed by atoms with Crippen molar-refractivity contribution in [3.8, 4) is 0 Å². The van der Waals surface area contributed by atoms with Gasteiger partial charge in [0, 0.05) is 68.3 Å². The number of aliphatic hydroxyl groups is 3. The number of aliphatic hydroxyl groups excluding tert-OH is 3. The molecule has 3 aromatic rings. The molecule has 24 N–H and O–H groups in total. The number of unbranched alkanes of at least 4 members (excludes halogenated alkanes) is 1. The predicted octanol–water partition coefficient (Wildman–Crippen LogP) is -7.89. The third-order valence-electron chi connectivity index (χ3n) is 16.3. The molecule has 0 saturated heterocycles. The quantitative estimate of drug-likeness (QED) is 0.0234. The average molecular weight is 1550 g/mol. The minimum Gasteiger partial charge on any atom is -0.481 e. The summed E-state index contributed by atoms with van der Waals surface area (Å²) in [5.74, 6) is -20.5. The number of nitrogens with one attached hydrogen (secondary N) is 14. The van der Waals surface area contributed by atoms with E-state index in [1.807, 2.05) is 36.4 Å². The van der Waals surface area contributed by atoms with Gasteiger partial charge in [0.25, 0.3) is 0 Å². The molecule has 108 heavy (non-hydrogen) atoms. The van der Waals surface area contributed by atoms with Crippen LogP contribution in [0.5, 0.6) is 0 Å². The van der Waals surface area contributed by atoms with Gasteiger partial charge in [-0.2, -0.15) is 0 Å². The lowest BCUT2D eigenvalue weighted by Gasteiger charge is -2.27. The number of carboxylic acids is 3. The lowest BCUT2D eigenvalue weighted by molar-refractivity contribution is -0.144. The van der Waals surface area contributed by atoms with Crippen LogP contribution in [0.3, 0.4) is 0 Å². The highest BCUT2D eigenvalue weighted by atomic mass is 32.2. The Kier molecular flexibility index (Phi) is 37.3. The molecule has 0 saturated carbocycles. The molecule has 1 aromatic heterocycles. The maximum atomic E-state index is 13.9. The van der Waals surface area contributed by atoms with Crippen molar-refractivity contribution in [2.45, 2.75) is 177 Å². The number of carbonyl (C=O) groups excluding carboxylic acids is 13. The third kappa shape index (κ3) is 29.7. The van der Waals surface area contributed by atoms with Crippen molar-refractivity contribution in [2.75, 3.05) is 51.9 Å². The van der Waals surface area contributed by atoms with Gasteiger partial charge in [-0.15, -0.1) is 0 Å². The first kappa shape index (κ1) is 91.2. The summed E-state index contributed by atoms with van der Waals surface area (Å²) in [5.41, 5.74) is 12.6. The standard InChI is InChI=1S/C65H98N18O24S/c1-31(2)52(63(102)75-40(65(104)105)19-21-51(91)92)81-54(93)33(5)72-58(97)39(18-20-50(89)90)74-49(88)26-69-57(96)42(24-48(67)87)77-61(100)44(28-85)79-62(101)45(29-86)80-64(103)53(32(3)4)82-55(94)34(6)73-59(98)41(23-35-25-68-30-70-35)76-60(99)43(27-84)78-56(95)38(66)15-9-10-22-71-108(106,107)47-17-12-13-36-37(47)14-11-16-46(36)83(7)8/h11-14,16-17,25,30-34,38-45,52-53,71,84-86H,9-10,15,18-24,26-29,66H2,1-8H3,(H2,67,87)(H,68,70)(H,69,96)(H,72,97)(H,73,98)(H,74,88)(H,75,102)(H,76,99)(H,77,100)(H,78,95)(H,79,101)(H,80,103)(H,81,93)(H,82,94)(H,89,90)(H,91,92)(H,104,105)/t33-,34-,38-,39-,40-,41-,42-,43-,44-,45-,52-,53-/m0/s1. The molecule has 12 atom stereocenters. The second-order valence-corrected chi connectivity index (χ2v) is 27.6. The Bertz CT molecular complexity index is 3810. The van der Waals surface area contributed by atoms with Gasteiger partial charge in [-0.05, 0) is 63.5 Å². The van der Waals surface area contributed by atoms with Crippen molar-refractivity contribution in [1.29, 1.82) is 0 Å². The second kappa shape index (κ2) is 44.2. The van der Waals surface area contributed by atoms with E-state index < -0.39 is 248 Å².